The van der Waals surface area contributed by atoms with Gasteiger partial charge in [-0.3, -0.25) is 9.78 Å². The lowest BCUT2D eigenvalue weighted by atomic mass is 10.2. The van der Waals surface area contributed by atoms with Crippen LogP contribution in [0.15, 0.2) is 40.9 Å². The third-order valence-corrected chi connectivity index (χ3v) is 4.57. The number of nitrogens with zero attached hydrogens (tertiary/aromatic N) is 3. The van der Waals surface area contributed by atoms with Crippen LogP contribution in [0.25, 0.3) is 10.9 Å². The van der Waals surface area contributed by atoms with E-state index in [-0.39, 0.29) is 5.75 Å². The van der Waals surface area contributed by atoms with Crippen LogP contribution < -0.4 is 5.32 Å². The molecule has 0 bridgehead atoms. The largest absolute Gasteiger partial charge is 0.481 e. The molecule has 6 nitrogen and oxygen atoms in total. The summed E-state index contributed by atoms with van der Waals surface area (Å²) in [5.74, 6) is -0.892. The van der Waals surface area contributed by atoms with Crippen LogP contribution in [0.2, 0.25) is 0 Å². The number of carboxylic acid groups (broad SMARTS) is 1. The van der Waals surface area contributed by atoms with Crippen molar-refractivity contribution in [1.29, 1.82) is 0 Å². The monoisotopic (exact) mass is 318 g/mol. The molecule has 0 aliphatic rings. The maximum absolute atomic E-state index is 10.5. The van der Waals surface area contributed by atoms with Crippen molar-refractivity contribution in [2.75, 3.05) is 11.1 Å². The minimum absolute atomic E-state index is 0.0210. The van der Waals surface area contributed by atoms with Crippen LogP contribution in [0.5, 0.6) is 0 Å². The van der Waals surface area contributed by atoms with Gasteiger partial charge in [0.1, 0.15) is 0 Å². The van der Waals surface area contributed by atoms with Crippen molar-refractivity contribution in [3.05, 3.63) is 36.5 Å². The number of fused-ring (bicyclic) bond motifs is 1. The molecule has 0 spiro atoms. The molecular formula is C13H10N4O2S2. The Morgan fingerprint density at radius 2 is 2.19 bits per heavy atom. The number of pyridine rings is 1. The predicted molar refractivity (Wildman–Crippen MR) is 83.3 cm³/mol. The molecule has 2 aromatic heterocycles. The van der Waals surface area contributed by atoms with Gasteiger partial charge < -0.3 is 10.4 Å². The van der Waals surface area contributed by atoms with Gasteiger partial charge in [0.15, 0.2) is 4.34 Å². The molecule has 0 saturated heterocycles. The third-order valence-electron chi connectivity index (χ3n) is 2.61. The van der Waals surface area contributed by atoms with E-state index >= 15 is 0 Å². The molecule has 8 heteroatoms. The van der Waals surface area contributed by atoms with Crippen LogP contribution in [0, 0.1) is 0 Å². The molecule has 0 atom stereocenters. The van der Waals surface area contributed by atoms with Gasteiger partial charge in [-0.15, -0.1) is 10.2 Å². The molecule has 0 unspecified atom stereocenters. The lowest BCUT2D eigenvalue weighted by Crippen LogP contribution is -1.96. The van der Waals surface area contributed by atoms with Crippen LogP contribution in [0.4, 0.5) is 10.8 Å². The number of carboxylic acids is 1. The predicted octanol–water partition coefficient (Wildman–Crippen LogP) is 3.01. The average Bonchev–Trinajstić information content (AvgIpc) is 2.93. The molecule has 3 aromatic rings. The highest BCUT2D eigenvalue weighted by Crippen LogP contribution is 2.30. The van der Waals surface area contributed by atoms with Gasteiger partial charge >= 0.3 is 5.97 Å². The summed E-state index contributed by atoms with van der Waals surface area (Å²) in [6.07, 6.45) is 1.75. The molecule has 0 aliphatic carbocycles. The number of aromatic nitrogens is 3. The summed E-state index contributed by atoms with van der Waals surface area (Å²) in [7, 11) is 0. The number of anilines is 2. The lowest BCUT2D eigenvalue weighted by Gasteiger charge is -2.05. The summed E-state index contributed by atoms with van der Waals surface area (Å²) in [4.78, 5) is 14.8. The van der Waals surface area contributed by atoms with E-state index in [1.54, 1.807) is 6.20 Å². The van der Waals surface area contributed by atoms with Crippen molar-refractivity contribution in [2.24, 2.45) is 0 Å². The smallest absolute Gasteiger partial charge is 0.313 e. The van der Waals surface area contributed by atoms with Gasteiger partial charge in [-0.2, -0.15) is 0 Å². The van der Waals surface area contributed by atoms with Crippen molar-refractivity contribution in [3.63, 3.8) is 0 Å². The molecule has 0 saturated carbocycles. The van der Waals surface area contributed by atoms with Crippen molar-refractivity contribution < 1.29 is 9.90 Å². The number of hydrogen-bond donors (Lipinski definition) is 2. The van der Waals surface area contributed by atoms with Crippen LogP contribution in [0.3, 0.4) is 0 Å². The number of benzene rings is 1. The lowest BCUT2D eigenvalue weighted by molar-refractivity contribution is -0.133. The fourth-order valence-corrected chi connectivity index (χ4v) is 3.25. The summed E-state index contributed by atoms with van der Waals surface area (Å²) in [5, 5.41) is 21.4. The Hall–Kier alpha value is -2.19. The fraction of sp³-hybridized carbons (Fsp3) is 0.0769. The first kappa shape index (κ1) is 13.8. The minimum atomic E-state index is -0.871. The van der Waals surface area contributed by atoms with Crippen molar-refractivity contribution >= 4 is 50.8 Å². The molecule has 2 N–H and O–H groups in total. The molecule has 0 amide bonds. The first-order chi connectivity index (χ1) is 10.2. The Labute approximate surface area is 128 Å². The number of carbonyl (C=O) groups is 1. The number of thioether (sulfide) groups is 1. The first-order valence-electron chi connectivity index (χ1n) is 6.01. The van der Waals surface area contributed by atoms with E-state index in [0.29, 0.717) is 9.47 Å². The highest BCUT2D eigenvalue weighted by atomic mass is 32.2. The summed E-state index contributed by atoms with van der Waals surface area (Å²) < 4.78 is 0.623. The highest BCUT2D eigenvalue weighted by molar-refractivity contribution is 8.01. The second-order valence-corrected chi connectivity index (χ2v) is 6.26. The zero-order valence-electron chi connectivity index (χ0n) is 10.7. The Balaban J connectivity index is 1.81. The normalized spacial score (nSPS) is 10.7. The molecule has 1 aromatic carbocycles. The standard InChI is InChI=1S/C13H10N4O2S2/c18-11(19)7-20-13-17-16-12(21-13)15-10-5-1-4-9-8(10)3-2-6-14-9/h1-6H,7H2,(H,15,16)(H,18,19). The van der Waals surface area contributed by atoms with E-state index in [1.165, 1.54) is 11.3 Å². The molecule has 21 heavy (non-hydrogen) atoms. The van der Waals surface area contributed by atoms with Crippen molar-refractivity contribution in [3.8, 4) is 0 Å². The van der Waals surface area contributed by atoms with Gasteiger partial charge in [-0.05, 0) is 24.3 Å². The van der Waals surface area contributed by atoms with Gasteiger partial charge in [0, 0.05) is 17.3 Å². The second kappa shape index (κ2) is 6.06. The number of nitrogens with one attached hydrogen (secondary N) is 1. The van der Waals surface area contributed by atoms with Gasteiger partial charge in [0.25, 0.3) is 0 Å². The summed E-state index contributed by atoms with van der Waals surface area (Å²) in [6.45, 7) is 0. The average molecular weight is 318 g/mol. The molecular weight excluding hydrogens is 308 g/mol. The summed E-state index contributed by atoms with van der Waals surface area (Å²) >= 11 is 2.48. The Morgan fingerprint density at radius 3 is 3.05 bits per heavy atom. The zero-order valence-corrected chi connectivity index (χ0v) is 12.3. The van der Waals surface area contributed by atoms with Crippen LogP contribution in [-0.4, -0.2) is 32.0 Å². The quantitative estimate of drug-likeness (QED) is 0.699. The second-order valence-electron chi connectivity index (χ2n) is 4.06. The molecule has 106 valence electrons. The maximum Gasteiger partial charge on any atom is 0.313 e. The topological polar surface area (TPSA) is 88.0 Å². The third kappa shape index (κ3) is 3.29. The molecule has 0 fully saturated rings. The SMILES string of the molecule is O=C(O)CSc1nnc(Nc2cccc3ncccc23)s1. The fourth-order valence-electron chi connectivity index (χ4n) is 1.77. The first-order valence-corrected chi connectivity index (χ1v) is 7.81. The van der Waals surface area contributed by atoms with E-state index in [1.807, 2.05) is 30.3 Å². The summed E-state index contributed by atoms with van der Waals surface area (Å²) in [6, 6.07) is 9.65. The van der Waals surface area contributed by atoms with Gasteiger partial charge in [-0.1, -0.05) is 29.2 Å². The Kier molecular flexibility index (Phi) is 3.98. The van der Waals surface area contributed by atoms with Crippen molar-refractivity contribution in [2.45, 2.75) is 4.34 Å². The zero-order chi connectivity index (χ0) is 14.7. The number of aliphatic carboxylic acids is 1. The molecule has 2 heterocycles. The molecule has 0 radical (unpaired) electrons. The van der Waals surface area contributed by atoms with E-state index in [2.05, 4.69) is 20.5 Å². The van der Waals surface area contributed by atoms with E-state index < -0.39 is 5.97 Å². The van der Waals surface area contributed by atoms with Crippen molar-refractivity contribution in [1.82, 2.24) is 15.2 Å². The van der Waals surface area contributed by atoms with E-state index in [0.717, 1.165) is 28.4 Å². The van der Waals surface area contributed by atoms with Gasteiger partial charge in [-0.25, -0.2) is 0 Å². The Morgan fingerprint density at radius 1 is 1.29 bits per heavy atom. The maximum atomic E-state index is 10.5. The van der Waals surface area contributed by atoms with Gasteiger partial charge in [0.2, 0.25) is 5.13 Å². The van der Waals surface area contributed by atoms with Gasteiger partial charge in [0.05, 0.1) is 11.3 Å². The number of hydrogen-bond acceptors (Lipinski definition) is 7. The van der Waals surface area contributed by atoms with Crippen LogP contribution in [0.1, 0.15) is 0 Å². The van der Waals surface area contributed by atoms with Crippen LogP contribution >= 0.6 is 23.1 Å². The molecule has 0 aliphatic heterocycles. The Bertz CT molecular complexity index is 785. The summed E-state index contributed by atoms with van der Waals surface area (Å²) in [5.41, 5.74) is 1.79. The van der Waals surface area contributed by atoms with E-state index in [4.69, 9.17) is 5.11 Å². The highest BCUT2D eigenvalue weighted by Gasteiger charge is 2.08. The number of rotatable bonds is 5. The van der Waals surface area contributed by atoms with E-state index in [9.17, 15) is 4.79 Å². The molecule has 3 rings (SSSR count). The van der Waals surface area contributed by atoms with Crippen LogP contribution in [-0.2, 0) is 4.79 Å². The minimum Gasteiger partial charge on any atom is -0.481 e.